The van der Waals surface area contributed by atoms with E-state index < -0.39 is 0 Å². The van der Waals surface area contributed by atoms with Gasteiger partial charge in [-0.3, -0.25) is 0 Å². The van der Waals surface area contributed by atoms with Crippen molar-refractivity contribution in [2.75, 3.05) is 5.75 Å². The lowest BCUT2D eigenvalue weighted by atomic mass is 10.1. The topological polar surface area (TPSA) is 0 Å². The van der Waals surface area contributed by atoms with E-state index in [1.807, 2.05) is 0 Å². The molecule has 0 aliphatic carbocycles. The van der Waals surface area contributed by atoms with Gasteiger partial charge < -0.3 is 24.0 Å². The van der Waals surface area contributed by atoms with Gasteiger partial charge in [-0.05, 0) is 56.3 Å². The Bertz CT molecular complexity index is 136. The van der Waals surface area contributed by atoms with E-state index in [0.29, 0.717) is 0 Å². The maximum absolute atomic E-state index is 2.49. The van der Waals surface area contributed by atoms with Crippen LogP contribution in [0.5, 0.6) is 0 Å². The number of rotatable bonds is 0. The smallest absolute Gasteiger partial charge is 0.118 e. The summed E-state index contributed by atoms with van der Waals surface area (Å²) in [5, 5.41) is 2.24. The van der Waals surface area contributed by atoms with Crippen LogP contribution >= 0.6 is 0 Å². The van der Waals surface area contributed by atoms with Crippen molar-refractivity contribution in [2.45, 2.75) is 55.9 Å². The normalized spacial score (nSPS) is 41.2. The first-order valence-corrected chi connectivity index (χ1v) is 6.58. The Morgan fingerprint density at radius 1 is 1.00 bits per heavy atom. The van der Waals surface area contributed by atoms with Crippen LogP contribution in [0, 0.1) is 0 Å². The first-order valence-electron chi connectivity index (χ1n) is 5.06. The van der Waals surface area contributed by atoms with E-state index >= 15 is 0 Å². The molecule has 0 radical (unpaired) electrons. The highest BCUT2D eigenvalue weighted by atomic mass is 127. The summed E-state index contributed by atoms with van der Waals surface area (Å²) >= 11 is 0. The molecule has 2 heterocycles. The van der Waals surface area contributed by atoms with Gasteiger partial charge in [-0.2, -0.15) is 0 Å². The van der Waals surface area contributed by atoms with Gasteiger partial charge in [0.1, 0.15) is 16.3 Å². The lowest BCUT2D eigenvalue weighted by molar-refractivity contribution is -0.00000235. The second-order valence-electron chi connectivity index (χ2n) is 4.03. The summed E-state index contributed by atoms with van der Waals surface area (Å²) < 4.78 is 0. The van der Waals surface area contributed by atoms with Crippen LogP contribution in [0.2, 0.25) is 0 Å². The van der Waals surface area contributed by atoms with Crippen LogP contribution in [-0.2, 0) is 10.9 Å². The SMILES string of the molecule is CC1CCCC2CCCC[S+]12.[I-]. The zero-order chi connectivity index (χ0) is 7.68. The Morgan fingerprint density at radius 3 is 2.50 bits per heavy atom. The van der Waals surface area contributed by atoms with Crippen LogP contribution in [0.25, 0.3) is 0 Å². The van der Waals surface area contributed by atoms with Crippen molar-refractivity contribution in [1.29, 1.82) is 0 Å². The van der Waals surface area contributed by atoms with E-state index in [0.717, 1.165) is 21.4 Å². The second kappa shape index (κ2) is 5.08. The number of hydrogen-bond acceptors (Lipinski definition) is 0. The van der Waals surface area contributed by atoms with Crippen LogP contribution in [0.1, 0.15) is 45.4 Å². The maximum atomic E-state index is 2.49. The van der Waals surface area contributed by atoms with Crippen LogP contribution < -0.4 is 24.0 Å². The summed E-state index contributed by atoms with van der Waals surface area (Å²) in [7, 11) is 0.853. The van der Waals surface area contributed by atoms with Crippen molar-refractivity contribution in [3.63, 3.8) is 0 Å². The molecule has 0 aromatic rings. The van der Waals surface area contributed by atoms with E-state index in [1.54, 1.807) is 18.6 Å². The fourth-order valence-corrected chi connectivity index (χ4v) is 5.91. The zero-order valence-corrected chi connectivity index (χ0v) is 10.9. The molecule has 2 rings (SSSR count). The molecule has 3 unspecified atom stereocenters. The molecule has 0 N–H and O–H groups in total. The van der Waals surface area contributed by atoms with Crippen molar-refractivity contribution in [1.82, 2.24) is 0 Å². The Hall–Kier alpha value is 1.08. The lowest BCUT2D eigenvalue weighted by Gasteiger charge is -2.31. The average Bonchev–Trinajstić information content (AvgIpc) is 2.06. The van der Waals surface area contributed by atoms with Crippen LogP contribution in [0.15, 0.2) is 0 Å². The van der Waals surface area contributed by atoms with Gasteiger partial charge in [0.25, 0.3) is 0 Å². The van der Waals surface area contributed by atoms with Gasteiger partial charge in [0.05, 0.1) is 0 Å². The largest absolute Gasteiger partial charge is 1.00 e. The van der Waals surface area contributed by atoms with Gasteiger partial charge in [0, 0.05) is 0 Å². The molecule has 0 saturated carbocycles. The monoisotopic (exact) mass is 298 g/mol. The van der Waals surface area contributed by atoms with E-state index in [-0.39, 0.29) is 24.0 Å². The summed E-state index contributed by atoms with van der Waals surface area (Å²) in [6, 6.07) is 0. The van der Waals surface area contributed by atoms with Crippen molar-refractivity contribution < 1.29 is 24.0 Å². The van der Waals surface area contributed by atoms with Crippen LogP contribution in [0.3, 0.4) is 0 Å². The van der Waals surface area contributed by atoms with Gasteiger partial charge in [-0.15, -0.1) is 0 Å². The van der Waals surface area contributed by atoms with E-state index in [2.05, 4.69) is 6.92 Å². The molecule has 0 aromatic heterocycles. The lowest BCUT2D eigenvalue weighted by Crippen LogP contribution is -3.00. The summed E-state index contributed by atoms with van der Waals surface area (Å²) in [6.07, 6.45) is 9.24. The molecule has 2 saturated heterocycles. The Morgan fingerprint density at radius 2 is 1.75 bits per heavy atom. The van der Waals surface area contributed by atoms with Crippen molar-refractivity contribution in [3.05, 3.63) is 0 Å². The standard InChI is InChI=1S/C10H19S.HI/c1-9-5-4-7-10-6-2-3-8-11(9)10;/h9-10H,2-8H2,1H3;1H/q+1;/p-1. The highest BCUT2D eigenvalue weighted by molar-refractivity contribution is 7.98. The molecule has 12 heavy (non-hydrogen) atoms. The third-order valence-corrected chi connectivity index (χ3v) is 6.60. The molecule has 72 valence electrons. The first kappa shape index (κ1) is 11.2. The van der Waals surface area contributed by atoms with Gasteiger partial charge in [0.15, 0.2) is 0 Å². The fourth-order valence-electron chi connectivity index (χ4n) is 2.57. The first-order chi connectivity index (χ1) is 5.38. The third-order valence-electron chi connectivity index (χ3n) is 3.24. The molecule has 0 spiro atoms. The van der Waals surface area contributed by atoms with Gasteiger partial charge in [-0.25, -0.2) is 0 Å². The quantitative estimate of drug-likeness (QED) is 0.427. The minimum Gasteiger partial charge on any atom is -1.00 e. The van der Waals surface area contributed by atoms with Crippen LogP contribution in [-0.4, -0.2) is 16.3 Å². The molecular formula is C10H19IS. The predicted molar refractivity (Wildman–Crippen MR) is 53.2 cm³/mol. The Labute approximate surface area is 96.2 Å². The number of halogens is 1. The van der Waals surface area contributed by atoms with Gasteiger partial charge in [-0.1, -0.05) is 0 Å². The molecule has 0 amide bonds. The van der Waals surface area contributed by atoms with Crippen molar-refractivity contribution >= 4 is 10.9 Å². The Kier molecular flexibility index (Phi) is 4.73. The molecule has 2 aliphatic heterocycles. The minimum atomic E-state index is 0. The highest BCUT2D eigenvalue weighted by Gasteiger charge is 2.40. The molecule has 2 heteroatoms. The third kappa shape index (κ3) is 2.31. The molecule has 0 aromatic carbocycles. The maximum Gasteiger partial charge on any atom is 0.118 e. The summed E-state index contributed by atoms with van der Waals surface area (Å²) in [5.74, 6) is 1.58. The summed E-state index contributed by atoms with van der Waals surface area (Å²) in [5.41, 5.74) is 0. The zero-order valence-electron chi connectivity index (χ0n) is 7.89. The van der Waals surface area contributed by atoms with E-state index in [4.69, 9.17) is 0 Å². The van der Waals surface area contributed by atoms with Gasteiger partial charge >= 0.3 is 0 Å². The molecule has 2 fully saturated rings. The molecular weight excluding hydrogens is 279 g/mol. The molecule has 3 atom stereocenters. The van der Waals surface area contributed by atoms with Crippen molar-refractivity contribution in [2.24, 2.45) is 0 Å². The predicted octanol–water partition coefficient (Wildman–Crippen LogP) is -0.266. The molecule has 0 nitrogen and oxygen atoms in total. The highest BCUT2D eigenvalue weighted by Crippen LogP contribution is 2.34. The summed E-state index contributed by atoms with van der Waals surface area (Å²) in [4.78, 5) is 0. The second-order valence-corrected chi connectivity index (χ2v) is 6.85. The molecule has 0 bridgehead atoms. The van der Waals surface area contributed by atoms with E-state index in [1.165, 1.54) is 25.7 Å². The van der Waals surface area contributed by atoms with Crippen molar-refractivity contribution in [3.8, 4) is 0 Å². The minimum absolute atomic E-state index is 0. The fraction of sp³-hybridized carbons (Fsp3) is 1.00. The van der Waals surface area contributed by atoms with Crippen LogP contribution in [0.4, 0.5) is 0 Å². The van der Waals surface area contributed by atoms with E-state index in [9.17, 15) is 0 Å². The Balaban J connectivity index is 0.000000720. The number of fused-ring (bicyclic) bond motifs is 1. The number of hydrogen-bond donors (Lipinski definition) is 0. The average molecular weight is 298 g/mol. The van der Waals surface area contributed by atoms with Gasteiger partial charge in [0.2, 0.25) is 0 Å². The molecule has 2 aliphatic rings. The summed E-state index contributed by atoms with van der Waals surface area (Å²) in [6.45, 7) is 2.49.